The van der Waals surface area contributed by atoms with Crippen molar-refractivity contribution in [3.63, 3.8) is 0 Å². The molecule has 0 saturated heterocycles. The van der Waals surface area contributed by atoms with Crippen LogP contribution in [0.5, 0.6) is 0 Å². The van der Waals surface area contributed by atoms with Gasteiger partial charge in [-0.3, -0.25) is 0 Å². The monoisotopic (exact) mass is 278 g/mol. The van der Waals surface area contributed by atoms with Crippen molar-refractivity contribution in [1.29, 1.82) is 0 Å². The fraction of sp³-hybridized carbons (Fsp3) is 0.812. The molecule has 1 saturated carbocycles. The van der Waals surface area contributed by atoms with Gasteiger partial charge < -0.3 is 5.32 Å². The largest absolute Gasteiger partial charge is 0.308 e. The Bertz CT molecular complexity index is 456. The molecule has 106 valence electrons. The summed E-state index contributed by atoms with van der Waals surface area (Å²) in [6, 6.07) is 0. The van der Waals surface area contributed by atoms with Crippen LogP contribution in [0.3, 0.4) is 0 Å². The van der Waals surface area contributed by atoms with E-state index in [1.165, 1.54) is 49.2 Å². The third-order valence-corrected chi connectivity index (χ3v) is 6.22. The number of thiazole rings is 1. The van der Waals surface area contributed by atoms with Crippen LogP contribution in [0.15, 0.2) is 0 Å². The Hall–Kier alpha value is -0.410. The topological polar surface area (TPSA) is 24.9 Å². The van der Waals surface area contributed by atoms with Crippen molar-refractivity contribution in [2.45, 2.75) is 64.8 Å². The second-order valence-electron chi connectivity index (χ2n) is 7.43. The van der Waals surface area contributed by atoms with E-state index in [9.17, 15) is 0 Å². The van der Waals surface area contributed by atoms with Gasteiger partial charge in [0.15, 0.2) is 0 Å². The summed E-state index contributed by atoms with van der Waals surface area (Å²) in [5.74, 6) is 0.773. The number of fused-ring (bicyclic) bond motifs is 1. The first kappa shape index (κ1) is 13.6. The van der Waals surface area contributed by atoms with Crippen molar-refractivity contribution in [2.75, 3.05) is 7.05 Å². The first-order valence-electron chi connectivity index (χ1n) is 7.62. The van der Waals surface area contributed by atoms with Crippen LogP contribution in [0.4, 0.5) is 0 Å². The van der Waals surface area contributed by atoms with Gasteiger partial charge in [0.25, 0.3) is 0 Å². The molecule has 1 N–H and O–H groups in total. The van der Waals surface area contributed by atoms with Gasteiger partial charge >= 0.3 is 0 Å². The summed E-state index contributed by atoms with van der Waals surface area (Å²) in [5.41, 5.74) is 1.93. The summed E-state index contributed by atoms with van der Waals surface area (Å²) < 4.78 is 0. The lowest BCUT2D eigenvalue weighted by molar-refractivity contribution is 0.0850. The van der Waals surface area contributed by atoms with Crippen molar-refractivity contribution in [1.82, 2.24) is 10.3 Å². The lowest BCUT2D eigenvalue weighted by Gasteiger charge is -2.46. The number of aromatic nitrogens is 1. The molecule has 2 unspecified atom stereocenters. The highest BCUT2D eigenvalue weighted by molar-refractivity contribution is 7.12. The van der Waals surface area contributed by atoms with Crippen molar-refractivity contribution in [2.24, 2.45) is 11.3 Å². The molecule has 3 rings (SSSR count). The minimum Gasteiger partial charge on any atom is -0.308 e. The summed E-state index contributed by atoms with van der Waals surface area (Å²) in [4.78, 5) is 6.57. The molecule has 2 nitrogen and oxygen atoms in total. The first-order chi connectivity index (χ1) is 8.94. The normalized spacial score (nSPS) is 33.4. The van der Waals surface area contributed by atoms with Crippen molar-refractivity contribution < 1.29 is 0 Å². The van der Waals surface area contributed by atoms with Crippen molar-refractivity contribution in [3.05, 3.63) is 15.6 Å². The number of nitrogens with one attached hydrogen (secondary N) is 1. The molecule has 2 atom stereocenters. The quantitative estimate of drug-likeness (QED) is 0.887. The predicted molar refractivity (Wildman–Crippen MR) is 81.7 cm³/mol. The van der Waals surface area contributed by atoms with E-state index >= 15 is 0 Å². The minimum atomic E-state index is 0.121. The maximum atomic E-state index is 5.01. The molecule has 3 heteroatoms. The summed E-state index contributed by atoms with van der Waals surface area (Å²) >= 11 is 1.98. The van der Waals surface area contributed by atoms with Crippen LogP contribution in [0.2, 0.25) is 0 Å². The Kier molecular flexibility index (Phi) is 3.25. The summed E-state index contributed by atoms with van der Waals surface area (Å²) in [6.45, 7) is 7.22. The maximum Gasteiger partial charge on any atom is 0.113 e. The van der Waals surface area contributed by atoms with Gasteiger partial charge in [-0.05, 0) is 56.9 Å². The Labute approximate surface area is 121 Å². The smallest absolute Gasteiger partial charge is 0.113 e. The van der Waals surface area contributed by atoms with E-state index < -0.39 is 0 Å². The van der Waals surface area contributed by atoms with E-state index in [2.05, 4.69) is 33.1 Å². The zero-order valence-corrected chi connectivity index (χ0v) is 13.5. The molecule has 0 aromatic carbocycles. The van der Waals surface area contributed by atoms with Crippen molar-refractivity contribution in [3.8, 4) is 0 Å². The third-order valence-electron chi connectivity index (χ3n) is 4.86. The first-order valence-corrected chi connectivity index (χ1v) is 8.44. The lowest BCUT2D eigenvalue weighted by Crippen LogP contribution is -2.48. The van der Waals surface area contributed by atoms with Crippen LogP contribution in [0, 0.1) is 11.3 Å². The van der Waals surface area contributed by atoms with Gasteiger partial charge in [0, 0.05) is 4.88 Å². The molecule has 2 aliphatic carbocycles. The summed E-state index contributed by atoms with van der Waals surface area (Å²) in [7, 11) is 2.13. The van der Waals surface area contributed by atoms with E-state index in [1.54, 1.807) is 4.88 Å². The van der Waals surface area contributed by atoms with Gasteiger partial charge in [-0.15, -0.1) is 11.3 Å². The molecular weight excluding hydrogens is 252 g/mol. The average molecular weight is 278 g/mol. The third kappa shape index (κ3) is 2.36. The zero-order chi connectivity index (χ0) is 13.7. The molecular formula is C16H26N2S. The molecule has 0 amide bonds. The number of hydrogen-bond donors (Lipinski definition) is 1. The highest BCUT2D eigenvalue weighted by Gasteiger charge is 2.45. The molecule has 1 fully saturated rings. The van der Waals surface area contributed by atoms with Crippen LogP contribution < -0.4 is 5.32 Å². The molecule has 0 bridgehead atoms. The molecule has 1 aromatic rings. The van der Waals surface area contributed by atoms with Gasteiger partial charge in [-0.1, -0.05) is 20.8 Å². The second-order valence-corrected chi connectivity index (χ2v) is 8.51. The summed E-state index contributed by atoms with van der Waals surface area (Å²) in [5, 5.41) is 5.02. The molecule has 1 aromatic heterocycles. The van der Waals surface area contributed by atoms with Gasteiger partial charge in [0.1, 0.15) is 5.01 Å². The Balaban J connectivity index is 1.97. The fourth-order valence-corrected chi connectivity index (χ4v) is 5.78. The second kappa shape index (κ2) is 4.56. The van der Waals surface area contributed by atoms with Crippen molar-refractivity contribution >= 4 is 11.3 Å². The van der Waals surface area contributed by atoms with Gasteiger partial charge in [-0.25, -0.2) is 4.98 Å². The van der Waals surface area contributed by atoms with Crippen LogP contribution >= 0.6 is 11.3 Å². The van der Waals surface area contributed by atoms with E-state index in [1.807, 2.05) is 11.3 Å². The number of nitrogens with zero attached hydrogens (tertiary/aromatic N) is 1. The molecule has 0 spiro atoms. The molecule has 2 aliphatic rings. The van der Waals surface area contributed by atoms with Crippen LogP contribution in [0.1, 0.15) is 62.0 Å². The number of rotatable bonds is 2. The fourth-order valence-electron chi connectivity index (χ4n) is 4.43. The zero-order valence-electron chi connectivity index (χ0n) is 12.7. The summed E-state index contributed by atoms with van der Waals surface area (Å²) in [6.07, 6.45) is 7.55. The Morgan fingerprint density at radius 2 is 2.05 bits per heavy atom. The van der Waals surface area contributed by atoms with Crippen LogP contribution in [0.25, 0.3) is 0 Å². The lowest BCUT2D eigenvalue weighted by atomic mass is 9.64. The van der Waals surface area contributed by atoms with Gasteiger partial charge in [-0.2, -0.15) is 0 Å². The highest BCUT2D eigenvalue weighted by atomic mass is 32.1. The van der Waals surface area contributed by atoms with Gasteiger partial charge in [0.05, 0.1) is 11.2 Å². The molecule has 19 heavy (non-hydrogen) atoms. The average Bonchev–Trinajstić information content (AvgIpc) is 2.85. The Morgan fingerprint density at radius 3 is 2.68 bits per heavy atom. The van der Waals surface area contributed by atoms with E-state index in [0.717, 1.165) is 5.92 Å². The minimum absolute atomic E-state index is 0.121. The molecule has 0 aliphatic heterocycles. The number of aryl methyl sites for hydroxylation is 2. The molecule has 1 heterocycles. The number of hydrogen-bond acceptors (Lipinski definition) is 3. The van der Waals surface area contributed by atoms with E-state index in [4.69, 9.17) is 4.98 Å². The van der Waals surface area contributed by atoms with E-state index in [0.29, 0.717) is 5.41 Å². The highest BCUT2D eigenvalue weighted by Crippen LogP contribution is 2.50. The van der Waals surface area contributed by atoms with Gasteiger partial charge in [0.2, 0.25) is 0 Å². The van der Waals surface area contributed by atoms with E-state index in [-0.39, 0.29) is 5.54 Å². The Morgan fingerprint density at radius 1 is 1.26 bits per heavy atom. The predicted octanol–water partition coefficient (Wildman–Crippen LogP) is 3.89. The maximum absolute atomic E-state index is 5.01. The van der Waals surface area contributed by atoms with Crippen LogP contribution in [-0.2, 0) is 18.4 Å². The molecule has 0 radical (unpaired) electrons. The SMILES string of the molecule is CNC1(c2nc3c(s2)CCC3)CC(C)CC(C)(C)C1. The standard InChI is InChI=1S/C16H26N2S/c1-11-8-15(2,3)10-16(9-11,17-4)14-18-12-6-5-7-13(12)19-14/h11,17H,5-10H2,1-4H3. The van der Waals surface area contributed by atoms with Crippen LogP contribution in [-0.4, -0.2) is 12.0 Å².